The smallest absolute Gasteiger partial charge is 0.195 e. The zero-order chi connectivity index (χ0) is 28.0. The van der Waals surface area contributed by atoms with Crippen molar-refractivity contribution in [1.29, 1.82) is 5.26 Å². The first-order valence-corrected chi connectivity index (χ1v) is 15.2. The molecular formula is C34H42N4O2. The van der Waals surface area contributed by atoms with E-state index in [4.69, 9.17) is 10.5 Å². The van der Waals surface area contributed by atoms with Crippen molar-refractivity contribution in [3.8, 4) is 6.07 Å². The number of aromatic amines is 1. The molecule has 3 aromatic rings. The minimum absolute atomic E-state index is 0.0832. The fraction of sp³-hybridized carbons (Fsp3) is 0.529. The molecule has 0 bridgehead atoms. The maximum Gasteiger partial charge on any atom is 0.195 e. The normalized spacial score (nSPS) is 22.4. The fourth-order valence-electron chi connectivity index (χ4n) is 7.38. The number of carbonyl (C=O) groups excluding carboxylic acids is 1. The van der Waals surface area contributed by atoms with Gasteiger partial charge in [-0.15, -0.1) is 0 Å². The van der Waals surface area contributed by atoms with Gasteiger partial charge in [-0.1, -0.05) is 26.8 Å². The second kappa shape index (κ2) is 10.7. The van der Waals surface area contributed by atoms with Gasteiger partial charge in [-0.25, -0.2) is 0 Å². The number of nitrogens with one attached hydrogen (secondary N) is 1. The molecular weight excluding hydrogens is 496 g/mol. The molecule has 3 aliphatic rings. The van der Waals surface area contributed by atoms with Gasteiger partial charge in [0.25, 0.3) is 0 Å². The SMILES string of the molecule is CCc1cc2c(cc1N1CCC(CCOC[C@H]3CC[C@@H](N)C3)CC1)C(C)(C)c1[nH]c3cc(C#N)ccc3c1C2=O. The number of hydrogen-bond donors (Lipinski definition) is 2. The Bertz CT molecular complexity index is 1470. The Morgan fingerprint density at radius 3 is 2.62 bits per heavy atom. The maximum absolute atomic E-state index is 13.9. The molecule has 2 aliphatic carbocycles. The molecule has 0 amide bonds. The van der Waals surface area contributed by atoms with Crippen LogP contribution in [-0.4, -0.2) is 43.1 Å². The van der Waals surface area contributed by atoms with Gasteiger partial charge >= 0.3 is 0 Å². The number of hydrogen-bond acceptors (Lipinski definition) is 5. The molecule has 1 aromatic heterocycles. The number of nitrogens with zero attached hydrogens (tertiary/aromatic N) is 2. The molecule has 6 heteroatoms. The van der Waals surface area contributed by atoms with E-state index in [-0.39, 0.29) is 11.2 Å². The van der Waals surface area contributed by atoms with E-state index in [1.807, 2.05) is 12.1 Å². The maximum atomic E-state index is 13.9. The summed E-state index contributed by atoms with van der Waals surface area (Å²) in [6.07, 6.45) is 7.85. The molecule has 1 saturated heterocycles. The average Bonchev–Trinajstić information content (AvgIpc) is 3.57. The van der Waals surface area contributed by atoms with E-state index in [0.29, 0.717) is 23.4 Å². The summed E-state index contributed by atoms with van der Waals surface area (Å²) in [5, 5.41) is 10.3. The van der Waals surface area contributed by atoms with Crippen LogP contribution in [0.1, 0.15) is 97.6 Å². The minimum atomic E-state index is -0.357. The highest BCUT2D eigenvalue weighted by Gasteiger charge is 2.40. The number of aromatic nitrogens is 1. The Kier molecular flexibility index (Phi) is 7.23. The van der Waals surface area contributed by atoms with Gasteiger partial charge in [0.05, 0.1) is 17.2 Å². The van der Waals surface area contributed by atoms with E-state index < -0.39 is 0 Å². The first kappa shape index (κ1) is 27.1. The van der Waals surface area contributed by atoms with Crippen LogP contribution in [0.5, 0.6) is 0 Å². The molecule has 6 rings (SSSR count). The first-order chi connectivity index (χ1) is 19.3. The molecule has 210 valence electrons. The zero-order valence-corrected chi connectivity index (χ0v) is 24.2. The lowest BCUT2D eigenvalue weighted by Gasteiger charge is -2.38. The largest absolute Gasteiger partial charge is 0.381 e. The number of ether oxygens (including phenoxy) is 1. The highest BCUT2D eigenvalue weighted by atomic mass is 16.5. The second-order valence-electron chi connectivity index (χ2n) is 12.8. The highest BCUT2D eigenvalue weighted by Crippen LogP contribution is 2.46. The lowest BCUT2D eigenvalue weighted by atomic mass is 9.70. The molecule has 2 aromatic carbocycles. The summed E-state index contributed by atoms with van der Waals surface area (Å²) < 4.78 is 6.06. The predicted octanol–water partition coefficient (Wildman–Crippen LogP) is 6.22. The molecule has 1 saturated carbocycles. The third kappa shape index (κ3) is 4.74. The summed E-state index contributed by atoms with van der Waals surface area (Å²) in [5.41, 5.74) is 13.3. The summed E-state index contributed by atoms with van der Waals surface area (Å²) in [6, 6.07) is 12.6. The van der Waals surface area contributed by atoms with Gasteiger partial charge < -0.3 is 20.4 Å². The molecule has 0 unspecified atom stereocenters. The van der Waals surface area contributed by atoms with Crippen LogP contribution in [-0.2, 0) is 16.6 Å². The number of benzene rings is 2. The van der Waals surface area contributed by atoms with Gasteiger partial charge in [-0.3, -0.25) is 4.79 Å². The first-order valence-electron chi connectivity index (χ1n) is 15.2. The lowest BCUT2D eigenvalue weighted by molar-refractivity contribution is 0.0871. The van der Waals surface area contributed by atoms with Crippen molar-refractivity contribution in [2.24, 2.45) is 17.6 Å². The molecule has 2 fully saturated rings. The third-order valence-electron chi connectivity index (χ3n) is 9.86. The topological polar surface area (TPSA) is 95.1 Å². The van der Waals surface area contributed by atoms with Crippen LogP contribution >= 0.6 is 0 Å². The van der Waals surface area contributed by atoms with Crippen molar-refractivity contribution >= 4 is 22.4 Å². The lowest BCUT2D eigenvalue weighted by Crippen LogP contribution is -2.36. The molecule has 2 heterocycles. The summed E-state index contributed by atoms with van der Waals surface area (Å²) in [5.74, 6) is 1.44. The van der Waals surface area contributed by atoms with Crippen LogP contribution in [0.2, 0.25) is 0 Å². The summed E-state index contributed by atoms with van der Waals surface area (Å²) in [7, 11) is 0. The van der Waals surface area contributed by atoms with Crippen molar-refractivity contribution in [1.82, 2.24) is 4.98 Å². The predicted molar refractivity (Wildman–Crippen MR) is 160 cm³/mol. The Morgan fingerprint density at radius 2 is 1.93 bits per heavy atom. The Balaban J connectivity index is 1.19. The van der Waals surface area contributed by atoms with E-state index in [1.165, 1.54) is 30.5 Å². The number of ketones is 1. The van der Waals surface area contributed by atoms with Crippen molar-refractivity contribution in [2.75, 3.05) is 31.2 Å². The number of aryl methyl sites for hydroxylation is 1. The molecule has 1 aliphatic heterocycles. The van der Waals surface area contributed by atoms with Gasteiger partial charge in [0.2, 0.25) is 0 Å². The van der Waals surface area contributed by atoms with Gasteiger partial charge in [0.15, 0.2) is 5.78 Å². The van der Waals surface area contributed by atoms with Crippen LogP contribution in [0.25, 0.3) is 10.9 Å². The van der Waals surface area contributed by atoms with E-state index >= 15 is 0 Å². The van der Waals surface area contributed by atoms with Gasteiger partial charge in [0, 0.05) is 65.6 Å². The van der Waals surface area contributed by atoms with Crippen molar-refractivity contribution in [3.05, 3.63) is 63.8 Å². The number of fused-ring (bicyclic) bond motifs is 4. The highest BCUT2D eigenvalue weighted by molar-refractivity contribution is 6.20. The Hall–Kier alpha value is -3.14. The zero-order valence-electron chi connectivity index (χ0n) is 24.2. The number of carbonyl (C=O) groups is 1. The van der Waals surface area contributed by atoms with Crippen LogP contribution in [0.3, 0.4) is 0 Å². The van der Waals surface area contributed by atoms with E-state index in [0.717, 1.165) is 85.3 Å². The molecule has 6 nitrogen and oxygen atoms in total. The fourth-order valence-corrected chi connectivity index (χ4v) is 7.38. The minimum Gasteiger partial charge on any atom is -0.381 e. The number of H-pyrrole nitrogens is 1. The average molecular weight is 539 g/mol. The number of nitrogens with two attached hydrogens (primary N) is 1. The second-order valence-corrected chi connectivity index (χ2v) is 12.8. The molecule has 2 atom stereocenters. The van der Waals surface area contributed by atoms with Crippen LogP contribution in [0.15, 0.2) is 30.3 Å². The number of anilines is 1. The van der Waals surface area contributed by atoms with Crippen molar-refractivity contribution in [3.63, 3.8) is 0 Å². The Labute approximate surface area is 237 Å². The van der Waals surface area contributed by atoms with Crippen LogP contribution in [0.4, 0.5) is 5.69 Å². The van der Waals surface area contributed by atoms with E-state index in [2.05, 4.69) is 48.9 Å². The number of piperidine rings is 1. The summed E-state index contributed by atoms with van der Waals surface area (Å²) in [4.78, 5) is 20.0. The molecule has 0 radical (unpaired) electrons. The van der Waals surface area contributed by atoms with E-state index in [1.54, 1.807) is 6.07 Å². The third-order valence-corrected chi connectivity index (χ3v) is 9.86. The summed E-state index contributed by atoms with van der Waals surface area (Å²) >= 11 is 0. The standard InChI is InChI=1S/C34H42N4O2/c1-4-24-17-27-28(34(2,3)33-31(32(27)39)26-8-6-22(19-35)16-29(26)37-33)18-30(24)38-12-9-21(10-13-38)11-14-40-20-23-5-7-25(36)15-23/h6,8,16-18,21,23,25,37H,4-5,7,9-15,20,36H2,1-3H3/t23-,25+/m0/s1. The van der Waals surface area contributed by atoms with Crippen molar-refractivity contribution < 1.29 is 9.53 Å². The monoisotopic (exact) mass is 538 g/mol. The molecule has 40 heavy (non-hydrogen) atoms. The number of nitriles is 1. The van der Waals surface area contributed by atoms with Gasteiger partial charge in [0.1, 0.15) is 0 Å². The Morgan fingerprint density at radius 1 is 1.12 bits per heavy atom. The van der Waals surface area contributed by atoms with Crippen LogP contribution < -0.4 is 10.6 Å². The van der Waals surface area contributed by atoms with Crippen molar-refractivity contribution in [2.45, 2.75) is 77.2 Å². The summed E-state index contributed by atoms with van der Waals surface area (Å²) in [6.45, 7) is 10.4. The number of rotatable bonds is 7. The van der Waals surface area contributed by atoms with E-state index in [9.17, 15) is 10.1 Å². The van der Waals surface area contributed by atoms with Crippen LogP contribution in [0, 0.1) is 23.2 Å². The quantitative estimate of drug-likeness (QED) is 0.348. The molecule has 3 N–H and O–H groups in total. The molecule has 0 spiro atoms. The van der Waals surface area contributed by atoms with Gasteiger partial charge in [-0.2, -0.15) is 5.26 Å². The van der Waals surface area contributed by atoms with Gasteiger partial charge in [-0.05, 0) is 92.2 Å².